The molecule has 1 aromatic heterocycles. The normalized spacial score (nSPS) is 10.5. The van der Waals surface area contributed by atoms with Crippen LogP contribution in [-0.2, 0) is 13.1 Å². The van der Waals surface area contributed by atoms with E-state index < -0.39 is 0 Å². The maximum Gasteiger partial charge on any atom is 0.118 e. The Bertz CT molecular complexity index is 462. The minimum absolute atomic E-state index is 0.828. The molecule has 2 rings (SSSR count). The molecule has 0 spiro atoms. The van der Waals surface area contributed by atoms with Gasteiger partial charge in [0.2, 0.25) is 0 Å². The summed E-state index contributed by atoms with van der Waals surface area (Å²) in [5.41, 5.74) is 3.57. The minimum atomic E-state index is 0.828. The second kappa shape index (κ2) is 5.50. The molecule has 2 aromatic rings. The second-order valence-corrected chi connectivity index (χ2v) is 3.97. The first-order valence-corrected chi connectivity index (χ1v) is 5.62. The molecule has 1 heterocycles. The molecule has 0 bridgehead atoms. The number of methoxy groups -OCH3 is 1. The average Bonchev–Trinajstić information content (AvgIpc) is 2.76. The maximum atomic E-state index is 5.12. The van der Waals surface area contributed by atoms with Gasteiger partial charge in [0, 0.05) is 24.3 Å². The van der Waals surface area contributed by atoms with Crippen molar-refractivity contribution in [3.8, 4) is 5.75 Å². The quantitative estimate of drug-likeness (QED) is 0.827. The fourth-order valence-electron chi connectivity index (χ4n) is 1.64. The zero-order valence-electron chi connectivity index (χ0n) is 10.2. The highest BCUT2D eigenvalue weighted by atomic mass is 16.5. The van der Waals surface area contributed by atoms with E-state index in [-0.39, 0.29) is 0 Å². The Labute approximate surface area is 101 Å². The third-order valence-electron chi connectivity index (χ3n) is 2.74. The summed E-state index contributed by atoms with van der Waals surface area (Å²) in [6.07, 6.45) is 1.86. The third-order valence-corrected chi connectivity index (χ3v) is 2.74. The molecule has 17 heavy (non-hydrogen) atoms. The molecule has 0 atom stereocenters. The van der Waals surface area contributed by atoms with Gasteiger partial charge in [-0.1, -0.05) is 12.1 Å². The number of hydrogen-bond acceptors (Lipinski definition) is 3. The standard InChI is InChI=1S/C13H17N3O/c1-10-12(9-15-16-10)8-14-7-11-3-5-13(17-2)6-4-11/h3-6,9,14H,7-8H2,1-2H3,(H,15,16). The van der Waals surface area contributed by atoms with Crippen molar-refractivity contribution in [2.24, 2.45) is 0 Å². The van der Waals surface area contributed by atoms with Gasteiger partial charge in [0.25, 0.3) is 0 Å². The molecule has 1 aromatic carbocycles. The Morgan fingerprint density at radius 2 is 2.00 bits per heavy atom. The highest BCUT2D eigenvalue weighted by molar-refractivity contribution is 5.27. The Morgan fingerprint density at radius 1 is 1.24 bits per heavy atom. The largest absolute Gasteiger partial charge is 0.497 e. The fraction of sp³-hybridized carbons (Fsp3) is 0.308. The molecule has 90 valence electrons. The van der Waals surface area contributed by atoms with Gasteiger partial charge < -0.3 is 10.1 Å². The first-order valence-electron chi connectivity index (χ1n) is 5.62. The monoisotopic (exact) mass is 231 g/mol. The third kappa shape index (κ3) is 3.07. The zero-order valence-corrected chi connectivity index (χ0v) is 10.2. The van der Waals surface area contributed by atoms with E-state index in [0.29, 0.717) is 0 Å². The summed E-state index contributed by atoms with van der Waals surface area (Å²) < 4.78 is 5.12. The van der Waals surface area contributed by atoms with Crippen molar-refractivity contribution in [3.05, 3.63) is 47.3 Å². The van der Waals surface area contributed by atoms with E-state index in [0.717, 1.165) is 24.5 Å². The molecule has 0 aliphatic heterocycles. The van der Waals surface area contributed by atoms with Gasteiger partial charge in [-0.25, -0.2) is 0 Å². The molecule has 0 aliphatic rings. The molecular formula is C13H17N3O. The van der Waals surface area contributed by atoms with E-state index in [2.05, 4.69) is 27.6 Å². The summed E-state index contributed by atoms with van der Waals surface area (Å²) in [4.78, 5) is 0. The maximum absolute atomic E-state index is 5.12. The lowest BCUT2D eigenvalue weighted by Crippen LogP contribution is -2.12. The molecule has 0 aliphatic carbocycles. The van der Waals surface area contributed by atoms with Gasteiger partial charge in [0.05, 0.1) is 13.3 Å². The van der Waals surface area contributed by atoms with Crippen LogP contribution < -0.4 is 10.1 Å². The van der Waals surface area contributed by atoms with Crippen LogP contribution in [0.3, 0.4) is 0 Å². The van der Waals surface area contributed by atoms with Gasteiger partial charge >= 0.3 is 0 Å². The van der Waals surface area contributed by atoms with Gasteiger partial charge in [-0.05, 0) is 24.6 Å². The van der Waals surface area contributed by atoms with E-state index in [1.165, 1.54) is 11.1 Å². The SMILES string of the molecule is COc1ccc(CNCc2cn[nH]c2C)cc1. The van der Waals surface area contributed by atoms with Gasteiger partial charge in [0.1, 0.15) is 5.75 Å². The van der Waals surface area contributed by atoms with E-state index in [1.807, 2.05) is 25.3 Å². The van der Waals surface area contributed by atoms with Gasteiger partial charge in [0.15, 0.2) is 0 Å². The molecule has 2 N–H and O–H groups in total. The molecule has 4 nitrogen and oxygen atoms in total. The van der Waals surface area contributed by atoms with E-state index in [4.69, 9.17) is 4.74 Å². The zero-order chi connectivity index (χ0) is 12.1. The van der Waals surface area contributed by atoms with E-state index in [9.17, 15) is 0 Å². The number of nitrogens with zero attached hydrogens (tertiary/aromatic N) is 1. The number of nitrogens with one attached hydrogen (secondary N) is 2. The first-order chi connectivity index (χ1) is 8.29. The fourth-order valence-corrected chi connectivity index (χ4v) is 1.64. The highest BCUT2D eigenvalue weighted by Gasteiger charge is 1.99. The first kappa shape index (κ1) is 11.7. The van der Waals surface area contributed by atoms with Crippen LogP contribution in [0.15, 0.2) is 30.5 Å². The van der Waals surface area contributed by atoms with Crippen molar-refractivity contribution in [1.29, 1.82) is 0 Å². The van der Waals surface area contributed by atoms with Crippen molar-refractivity contribution in [3.63, 3.8) is 0 Å². The summed E-state index contributed by atoms with van der Waals surface area (Å²) >= 11 is 0. The number of rotatable bonds is 5. The van der Waals surface area contributed by atoms with Crippen molar-refractivity contribution in [2.75, 3.05) is 7.11 Å². The summed E-state index contributed by atoms with van der Waals surface area (Å²) in [5.74, 6) is 0.888. The highest BCUT2D eigenvalue weighted by Crippen LogP contribution is 2.11. The number of aromatic nitrogens is 2. The number of ether oxygens (including phenoxy) is 1. The van der Waals surface area contributed by atoms with Gasteiger partial charge in [-0.3, -0.25) is 5.10 Å². The minimum Gasteiger partial charge on any atom is -0.497 e. The Balaban J connectivity index is 1.83. The molecule has 4 heteroatoms. The van der Waals surface area contributed by atoms with Crippen molar-refractivity contribution >= 4 is 0 Å². The van der Waals surface area contributed by atoms with E-state index >= 15 is 0 Å². The number of hydrogen-bond donors (Lipinski definition) is 2. The Hall–Kier alpha value is -1.81. The Kier molecular flexibility index (Phi) is 3.77. The summed E-state index contributed by atoms with van der Waals surface area (Å²) in [6, 6.07) is 8.07. The summed E-state index contributed by atoms with van der Waals surface area (Å²) in [6.45, 7) is 3.69. The van der Waals surface area contributed by atoms with Gasteiger partial charge in [-0.2, -0.15) is 5.10 Å². The number of aromatic amines is 1. The summed E-state index contributed by atoms with van der Waals surface area (Å²) in [7, 11) is 1.68. The molecule has 0 unspecified atom stereocenters. The van der Waals surface area contributed by atoms with Crippen LogP contribution in [0.4, 0.5) is 0 Å². The molecule has 0 radical (unpaired) electrons. The van der Waals surface area contributed by atoms with Crippen molar-refractivity contribution < 1.29 is 4.74 Å². The molecule has 0 fully saturated rings. The molecule has 0 amide bonds. The van der Waals surface area contributed by atoms with Crippen LogP contribution in [0, 0.1) is 6.92 Å². The predicted octanol–water partition coefficient (Wildman–Crippen LogP) is 2.02. The average molecular weight is 231 g/mol. The molecule has 0 saturated carbocycles. The summed E-state index contributed by atoms with van der Waals surface area (Å²) in [5, 5.41) is 10.3. The van der Waals surface area contributed by atoms with Crippen molar-refractivity contribution in [1.82, 2.24) is 15.5 Å². The predicted molar refractivity (Wildman–Crippen MR) is 66.9 cm³/mol. The molecular weight excluding hydrogens is 214 g/mol. The molecule has 0 saturated heterocycles. The number of H-pyrrole nitrogens is 1. The number of benzene rings is 1. The van der Waals surface area contributed by atoms with Crippen LogP contribution in [0.5, 0.6) is 5.75 Å². The lowest BCUT2D eigenvalue weighted by Gasteiger charge is -2.05. The van der Waals surface area contributed by atoms with Crippen molar-refractivity contribution in [2.45, 2.75) is 20.0 Å². The van der Waals surface area contributed by atoms with Crippen LogP contribution in [-0.4, -0.2) is 17.3 Å². The van der Waals surface area contributed by atoms with Gasteiger partial charge in [-0.15, -0.1) is 0 Å². The number of aryl methyl sites for hydroxylation is 1. The Morgan fingerprint density at radius 3 is 2.59 bits per heavy atom. The lowest BCUT2D eigenvalue weighted by atomic mass is 10.2. The smallest absolute Gasteiger partial charge is 0.118 e. The van der Waals surface area contributed by atoms with Crippen LogP contribution in [0.1, 0.15) is 16.8 Å². The second-order valence-electron chi connectivity index (χ2n) is 3.97. The lowest BCUT2D eigenvalue weighted by molar-refractivity contribution is 0.414. The van der Waals surface area contributed by atoms with Crippen LogP contribution in [0.2, 0.25) is 0 Å². The van der Waals surface area contributed by atoms with Crippen LogP contribution in [0.25, 0.3) is 0 Å². The topological polar surface area (TPSA) is 49.9 Å². The van der Waals surface area contributed by atoms with E-state index in [1.54, 1.807) is 7.11 Å². The van der Waals surface area contributed by atoms with Crippen LogP contribution >= 0.6 is 0 Å².